The number of carbonyl (C=O) groups is 1. The standard InChI is InChI=1S/C16H14BrN3O/c1-11(21)19-13-8-6-12(7-9-13)16(10-18)20-15-5-3-2-4-14(15)17/h2-9,16,20H,1H3,(H,19,21). The lowest BCUT2D eigenvalue weighted by Crippen LogP contribution is -2.10. The number of halogens is 1. The van der Waals surface area contributed by atoms with Crippen LogP contribution >= 0.6 is 15.9 Å². The number of hydrogen-bond donors (Lipinski definition) is 2. The van der Waals surface area contributed by atoms with Gasteiger partial charge in [0.05, 0.1) is 6.07 Å². The molecule has 2 N–H and O–H groups in total. The smallest absolute Gasteiger partial charge is 0.221 e. The van der Waals surface area contributed by atoms with Crippen LogP contribution in [0.2, 0.25) is 0 Å². The Hall–Kier alpha value is -2.32. The molecule has 2 aromatic carbocycles. The highest BCUT2D eigenvalue weighted by Gasteiger charge is 2.11. The number of benzene rings is 2. The van der Waals surface area contributed by atoms with Crippen molar-refractivity contribution in [1.29, 1.82) is 5.26 Å². The summed E-state index contributed by atoms with van der Waals surface area (Å²) in [7, 11) is 0. The van der Waals surface area contributed by atoms with Crippen LogP contribution in [0, 0.1) is 11.3 Å². The maximum atomic E-state index is 11.0. The Bertz CT molecular complexity index is 677. The van der Waals surface area contributed by atoms with Crippen LogP contribution in [0.4, 0.5) is 11.4 Å². The molecular formula is C16H14BrN3O. The van der Waals surface area contributed by atoms with Gasteiger partial charge in [0.1, 0.15) is 6.04 Å². The lowest BCUT2D eigenvalue weighted by molar-refractivity contribution is -0.114. The first kappa shape index (κ1) is 15.1. The summed E-state index contributed by atoms with van der Waals surface area (Å²) in [5.41, 5.74) is 2.40. The molecule has 0 aromatic heterocycles. The molecule has 0 heterocycles. The quantitative estimate of drug-likeness (QED) is 0.878. The van der Waals surface area contributed by atoms with Crippen LogP contribution in [0.5, 0.6) is 0 Å². The molecule has 0 aliphatic carbocycles. The van der Waals surface area contributed by atoms with Gasteiger partial charge in [-0.25, -0.2) is 0 Å². The third-order valence-electron chi connectivity index (χ3n) is 2.87. The van der Waals surface area contributed by atoms with Crippen LogP contribution in [-0.4, -0.2) is 5.91 Å². The van der Waals surface area contributed by atoms with Crippen molar-refractivity contribution in [3.63, 3.8) is 0 Å². The second-order valence-electron chi connectivity index (χ2n) is 4.49. The van der Waals surface area contributed by atoms with Crippen molar-refractivity contribution in [3.05, 3.63) is 58.6 Å². The van der Waals surface area contributed by atoms with Crippen LogP contribution < -0.4 is 10.6 Å². The normalized spacial score (nSPS) is 11.3. The first-order valence-electron chi connectivity index (χ1n) is 6.38. The first-order chi connectivity index (χ1) is 10.1. The van der Waals surface area contributed by atoms with Gasteiger partial charge in [-0.1, -0.05) is 24.3 Å². The summed E-state index contributed by atoms with van der Waals surface area (Å²) in [6.07, 6.45) is 0. The summed E-state index contributed by atoms with van der Waals surface area (Å²) in [6, 6.07) is 16.6. The molecule has 0 aliphatic rings. The number of para-hydroxylation sites is 1. The molecule has 0 bridgehead atoms. The summed E-state index contributed by atoms with van der Waals surface area (Å²) in [5, 5.41) is 15.2. The number of anilines is 2. The lowest BCUT2D eigenvalue weighted by Gasteiger charge is -2.15. The molecule has 0 spiro atoms. The summed E-state index contributed by atoms with van der Waals surface area (Å²) < 4.78 is 0.903. The second-order valence-corrected chi connectivity index (χ2v) is 5.34. The molecule has 4 nitrogen and oxygen atoms in total. The average Bonchev–Trinajstić information content (AvgIpc) is 2.47. The molecule has 0 saturated heterocycles. The third kappa shape index (κ3) is 4.07. The zero-order valence-corrected chi connectivity index (χ0v) is 13.0. The fourth-order valence-corrected chi connectivity index (χ4v) is 2.29. The SMILES string of the molecule is CC(=O)Nc1ccc(C(C#N)Nc2ccccc2Br)cc1. The van der Waals surface area contributed by atoms with E-state index in [1.807, 2.05) is 36.4 Å². The van der Waals surface area contributed by atoms with E-state index in [1.165, 1.54) is 6.92 Å². The van der Waals surface area contributed by atoms with E-state index in [1.54, 1.807) is 12.1 Å². The van der Waals surface area contributed by atoms with Gasteiger partial charge in [-0.2, -0.15) is 5.26 Å². The molecular weight excluding hydrogens is 330 g/mol. The molecule has 0 saturated carbocycles. The fraction of sp³-hybridized carbons (Fsp3) is 0.125. The Kier molecular flexibility index (Phi) is 4.96. The predicted octanol–water partition coefficient (Wildman–Crippen LogP) is 4.08. The molecule has 106 valence electrons. The number of amides is 1. The van der Waals surface area contributed by atoms with E-state index >= 15 is 0 Å². The number of nitrogens with one attached hydrogen (secondary N) is 2. The topological polar surface area (TPSA) is 64.9 Å². The van der Waals surface area contributed by atoms with Crippen molar-refractivity contribution in [2.24, 2.45) is 0 Å². The summed E-state index contributed by atoms with van der Waals surface area (Å²) in [4.78, 5) is 11.0. The first-order valence-corrected chi connectivity index (χ1v) is 7.17. The van der Waals surface area contributed by atoms with Gasteiger partial charge < -0.3 is 10.6 Å². The highest BCUT2D eigenvalue weighted by molar-refractivity contribution is 9.10. The van der Waals surface area contributed by atoms with Gasteiger partial charge in [-0.15, -0.1) is 0 Å². The van der Waals surface area contributed by atoms with Crippen molar-refractivity contribution in [2.45, 2.75) is 13.0 Å². The fourth-order valence-electron chi connectivity index (χ4n) is 1.89. The van der Waals surface area contributed by atoms with Gasteiger partial charge in [0.15, 0.2) is 0 Å². The summed E-state index contributed by atoms with van der Waals surface area (Å²) in [6.45, 7) is 1.46. The molecule has 2 rings (SSSR count). The zero-order valence-electron chi connectivity index (χ0n) is 11.4. The molecule has 1 atom stereocenters. The minimum absolute atomic E-state index is 0.120. The van der Waals surface area contributed by atoms with Crippen LogP contribution in [0.3, 0.4) is 0 Å². The van der Waals surface area contributed by atoms with E-state index in [0.717, 1.165) is 15.7 Å². The minimum atomic E-state index is -0.463. The van der Waals surface area contributed by atoms with Crippen molar-refractivity contribution in [2.75, 3.05) is 10.6 Å². The molecule has 5 heteroatoms. The van der Waals surface area contributed by atoms with Gasteiger partial charge in [-0.05, 0) is 45.8 Å². The van der Waals surface area contributed by atoms with Crippen LogP contribution in [0.25, 0.3) is 0 Å². The highest BCUT2D eigenvalue weighted by atomic mass is 79.9. The van der Waals surface area contributed by atoms with Crippen molar-refractivity contribution >= 4 is 33.2 Å². The van der Waals surface area contributed by atoms with E-state index in [9.17, 15) is 10.1 Å². The Morgan fingerprint density at radius 2 is 1.86 bits per heavy atom. The van der Waals surface area contributed by atoms with Gasteiger partial charge in [0.25, 0.3) is 0 Å². The summed E-state index contributed by atoms with van der Waals surface area (Å²) in [5.74, 6) is -0.120. The van der Waals surface area contributed by atoms with E-state index in [0.29, 0.717) is 5.69 Å². The monoisotopic (exact) mass is 343 g/mol. The van der Waals surface area contributed by atoms with Gasteiger partial charge in [0.2, 0.25) is 5.91 Å². The predicted molar refractivity (Wildman–Crippen MR) is 86.9 cm³/mol. The van der Waals surface area contributed by atoms with Crippen LogP contribution in [0.15, 0.2) is 53.0 Å². The Morgan fingerprint density at radius 3 is 2.43 bits per heavy atom. The maximum absolute atomic E-state index is 11.0. The third-order valence-corrected chi connectivity index (χ3v) is 3.56. The van der Waals surface area contributed by atoms with Crippen LogP contribution in [-0.2, 0) is 4.79 Å². The second kappa shape index (κ2) is 6.91. The van der Waals surface area contributed by atoms with Gasteiger partial charge in [0, 0.05) is 22.8 Å². The average molecular weight is 344 g/mol. The van der Waals surface area contributed by atoms with Crippen molar-refractivity contribution in [3.8, 4) is 6.07 Å². The van der Waals surface area contributed by atoms with E-state index < -0.39 is 6.04 Å². The zero-order chi connectivity index (χ0) is 15.2. The summed E-state index contributed by atoms with van der Waals surface area (Å²) >= 11 is 3.45. The highest BCUT2D eigenvalue weighted by Crippen LogP contribution is 2.26. The number of hydrogen-bond acceptors (Lipinski definition) is 3. The van der Waals surface area contributed by atoms with E-state index in [-0.39, 0.29) is 5.91 Å². The molecule has 1 amide bonds. The Balaban J connectivity index is 2.16. The number of nitrogens with zero attached hydrogens (tertiary/aromatic N) is 1. The molecule has 21 heavy (non-hydrogen) atoms. The molecule has 0 fully saturated rings. The van der Waals surface area contributed by atoms with Crippen molar-refractivity contribution < 1.29 is 4.79 Å². The van der Waals surface area contributed by atoms with Crippen molar-refractivity contribution in [1.82, 2.24) is 0 Å². The molecule has 1 unspecified atom stereocenters. The largest absolute Gasteiger partial charge is 0.365 e. The number of carbonyl (C=O) groups excluding carboxylic acids is 1. The lowest BCUT2D eigenvalue weighted by atomic mass is 10.1. The number of rotatable bonds is 4. The Morgan fingerprint density at radius 1 is 1.19 bits per heavy atom. The van der Waals surface area contributed by atoms with Gasteiger partial charge in [-0.3, -0.25) is 4.79 Å². The minimum Gasteiger partial charge on any atom is -0.365 e. The van der Waals surface area contributed by atoms with Crippen LogP contribution in [0.1, 0.15) is 18.5 Å². The number of nitriles is 1. The van der Waals surface area contributed by atoms with E-state index in [2.05, 4.69) is 32.6 Å². The Labute approximate surface area is 131 Å². The maximum Gasteiger partial charge on any atom is 0.221 e. The molecule has 0 radical (unpaired) electrons. The molecule has 2 aromatic rings. The molecule has 0 aliphatic heterocycles. The van der Waals surface area contributed by atoms with Gasteiger partial charge >= 0.3 is 0 Å². The van der Waals surface area contributed by atoms with E-state index in [4.69, 9.17) is 0 Å².